The first-order chi connectivity index (χ1) is 17.8. The lowest BCUT2D eigenvalue weighted by Gasteiger charge is -2.47. The minimum Gasteiger partial charge on any atom is -0.445 e. The molecule has 0 radical (unpaired) electrons. The monoisotopic (exact) mass is 519 g/mol. The summed E-state index contributed by atoms with van der Waals surface area (Å²) < 4.78 is 35.5. The van der Waals surface area contributed by atoms with Crippen molar-refractivity contribution >= 4 is 38.5 Å². The molecule has 1 atom stereocenters. The molecule has 1 aliphatic rings. The van der Waals surface area contributed by atoms with E-state index in [-0.39, 0.29) is 23.7 Å². The van der Waals surface area contributed by atoms with Gasteiger partial charge in [-0.05, 0) is 43.5 Å². The number of sulfonamides is 1. The average Bonchev–Trinajstić information content (AvgIpc) is 3.39. The largest absolute Gasteiger partial charge is 0.445 e. The van der Waals surface area contributed by atoms with Crippen molar-refractivity contribution in [1.29, 1.82) is 0 Å². The summed E-state index contributed by atoms with van der Waals surface area (Å²) in [7, 11) is -4.08. The van der Waals surface area contributed by atoms with Gasteiger partial charge in [-0.15, -0.1) is 0 Å². The molecular weight excluding hydrogens is 490 g/mol. The Morgan fingerprint density at radius 3 is 2.57 bits per heavy atom. The number of aromatic nitrogens is 2. The van der Waals surface area contributed by atoms with Crippen LogP contribution in [0.5, 0.6) is 0 Å². The van der Waals surface area contributed by atoms with Crippen LogP contribution in [0.1, 0.15) is 25.3 Å². The Morgan fingerprint density at radius 1 is 1.14 bits per heavy atom. The number of ether oxygens (including phenoxy) is 1. The molecule has 192 valence electrons. The van der Waals surface area contributed by atoms with Crippen molar-refractivity contribution in [2.24, 2.45) is 0 Å². The zero-order chi connectivity index (χ0) is 26.0. The highest BCUT2D eigenvalue weighted by Crippen LogP contribution is 2.42. The second-order valence-corrected chi connectivity index (χ2v) is 11.2. The van der Waals surface area contributed by atoms with Crippen molar-refractivity contribution < 1.29 is 17.9 Å². The fraction of sp³-hybridized carbons (Fsp3) is 0.259. The number of hydrogen-bond donors (Lipinski definition) is 2. The van der Waals surface area contributed by atoms with Gasteiger partial charge in [0, 0.05) is 24.7 Å². The summed E-state index contributed by atoms with van der Waals surface area (Å²) in [6.45, 7) is 2.59. The lowest BCUT2D eigenvalue weighted by atomic mass is 9.90. The number of rotatable bonds is 6. The van der Waals surface area contributed by atoms with Crippen LogP contribution in [0.4, 0.5) is 16.2 Å². The Labute approximate surface area is 215 Å². The molecule has 5 rings (SSSR count). The number of likely N-dealkylation sites (tertiary alicyclic amines) is 1. The molecule has 3 N–H and O–H groups in total. The van der Waals surface area contributed by atoms with Gasteiger partial charge in [0.25, 0.3) is 10.0 Å². The molecule has 1 fully saturated rings. The van der Waals surface area contributed by atoms with Gasteiger partial charge >= 0.3 is 6.09 Å². The van der Waals surface area contributed by atoms with Crippen molar-refractivity contribution in [3.63, 3.8) is 0 Å². The van der Waals surface area contributed by atoms with E-state index in [1.165, 1.54) is 10.5 Å². The summed E-state index contributed by atoms with van der Waals surface area (Å²) in [5.74, 6) is 0. The van der Waals surface area contributed by atoms with Crippen molar-refractivity contribution in [2.75, 3.05) is 23.1 Å². The standard InChI is InChI=1S/C27H29N5O4S/c1-27(14-8-16-31(19-27)26(33)36-18-20-9-4-2-5-10-20)32(37(34,35)21-11-6-3-7-12-21)24-22-13-15-29-25(22)30-17-23(24)28/h2-7,9-13,15,17H,8,14,16,18-19,28H2,1H3,(H,29,30). The highest BCUT2D eigenvalue weighted by Gasteiger charge is 2.46. The molecule has 9 nitrogen and oxygen atoms in total. The maximum atomic E-state index is 14.2. The fourth-order valence-electron chi connectivity index (χ4n) is 4.97. The normalized spacial score (nSPS) is 18.0. The van der Waals surface area contributed by atoms with E-state index in [9.17, 15) is 13.2 Å². The number of hydrogen-bond acceptors (Lipinski definition) is 6. The lowest BCUT2D eigenvalue weighted by Crippen LogP contribution is -2.60. The fourth-order valence-corrected chi connectivity index (χ4v) is 6.85. The van der Waals surface area contributed by atoms with Crippen LogP contribution >= 0.6 is 0 Å². The smallest absolute Gasteiger partial charge is 0.410 e. The molecular formula is C27H29N5O4S. The van der Waals surface area contributed by atoms with E-state index in [1.54, 1.807) is 47.5 Å². The number of H-pyrrole nitrogens is 1. The number of carbonyl (C=O) groups is 1. The predicted molar refractivity (Wildman–Crippen MR) is 142 cm³/mol. The number of piperidine rings is 1. The van der Waals surface area contributed by atoms with Gasteiger partial charge in [0.2, 0.25) is 0 Å². The molecule has 1 unspecified atom stereocenters. The predicted octanol–water partition coefficient (Wildman–Crippen LogP) is 4.53. The number of nitrogens with two attached hydrogens (primary N) is 1. The minimum atomic E-state index is -4.08. The molecule has 2 aromatic carbocycles. The summed E-state index contributed by atoms with van der Waals surface area (Å²) >= 11 is 0. The molecule has 3 heterocycles. The third-order valence-corrected chi connectivity index (χ3v) is 8.67. The Morgan fingerprint density at radius 2 is 1.84 bits per heavy atom. The van der Waals surface area contributed by atoms with Crippen molar-refractivity contribution in [2.45, 2.75) is 36.8 Å². The van der Waals surface area contributed by atoms with E-state index < -0.39 is 21.7 Å². The van der Waals surface area contributed by atoms with Gasteiger partial charge in [-0.3, -0.25) is 4.31 Å². The maximum Gasteiger partial charge on any atom is 0.410 e. The number of amides is 1. The highest BCUT2D eigenvalue weighted by molar-refractivity contribution is 7.93. The summed E-state index contributed by atoms with van der Waals surface area (Å²) in [5, 5.41) is 0.588. The molecule has 37 heavy (non-hydrogen) atoms. The van der Waals surface area contributed by atoms with Crippen LogP contribution < -0.4 is 10.0 Å². The summed E-state index contributed by atoms with van der Waals surface area (Å²) in [4.78, 5) is 22.1. The molecule has 0 bridgehead atoms. The number of nitrogens with one attached hydrogen (secondary N) is 1. The number of nitrogen functional groups attached to an aromatic ring is 1. The first-order valence-corrected chi connectivity index (χ1v) is 13.5. The third-order valence-electron chi connectivity index (χ3n) is 6.70. The molecule has 0 aliphatic carbocycles. The number of benzene rings is 2. The first kappa shape index (κ1) is 24.6. The van der Waals surface area contributed by atoms with Crippen LogP contribution in [0.25, 0.3) is 11.0 Å². The van der Waals surface area contributed by atoms with E-state index in [1.807, 2.05) is 37.3 Å². The second-order valence-electron chi connectivity index (χ2n) is 9.45. The van der Waals surface area contributed by atoms with Crippen LogP contribution in [0.2, 0.25) is 0 Å². The van der Waals surface area contributed by atoms with Gasteiger partial charge in [0.1, 0.15) is 12.3 Å². The molecule has 10 heteroatoms. The van der Waals surface area contributed by atoms with Gasteiger partial charge in [-0.25, -0.2) is 18.2 Å². The Bertz CT molecular complexity index is 1510. The quantitative estimate of drug-likeness (QED) is 0.386. The number of aromatic amines is 1. The molecule has 0 saturated carbocycles. The van der Waals surface area contributed by atoms with Crippen LogP contribution in [-0.4, -0.2) is 48.0 Å². The first-order valence-electron chi connectivity index (χ1n) is 12.1. The Balaban J connectivity index is 1.54. The number of carbonyl (C=O) groups excluding carboxylic acids is 1. The van der Waals surface area contributed by atoms with Crippen molar-refractivity contribution in [1.82, 2.24) is 14.9 Å². The van der Waals surface area contributed by atoms with Crippen LogP contribution in [0.15, 0.2) is 84.0 Å². The number of pyridine rings is 1. The van der Waals surface area contributed by atoms with Crippen LogP contribution in [0.3, 0.4) is 0 Å². The molecule has 1 aliphatic heterocycles. The maximum absolute atomic E-state index is 14.2. The highest BCUT2D eigenvalue weighted by atomic mass is 32.2. The average molecular weight is 520 g/mol. The molecule has 4 aromatic rings. The van der Waals surface area contributed by atoms with Crippen molar-refractivity contribution in [3.05, 3.63) is 84.7 Å². The van der Waals surface area contributed by atoms with Crippen molar-refractivity contribution in [3.8, 4) is 0 Å². The summed E-state index contributed by atoms with van der Waals surface area (Å²) in [6, 6.07) is 19.5. The molecule has 0 spiro atoms. The van der Waals surface area contributed by atoms with Gasteiger partial charge in [-0.1, -0.05) is 48.5 Å². The third kappa shape index (κ3) is 4.72. The topological polar surface area (TPSA) is 122 Å². The Kier molecular flexibility index (Phi) is 6.51. The van der Waals surface area contributed by atoms with Gasteiger partial charge in [0.05, 0.1) is 28.0 Å². The van der Waals surface area contributed by atoms with E-state index in [4.69, 9.17) is 10.5 Å². The molecule has 1 saturated heterocycles. The minimum absolute atomic E-state index is 0.139. The van der Waals surface area contributed by atoms with E-state index in [0.717, 1.165) is 5.56 Å². The number of nitrogens with zero attached hydrogens (tertiary/aromatic N) is 3. The number of anilines is 2. The SMILES string of the molecule is CC1(N(c2c(N)cnc3[nH]ccc23)S(=O)(=O)c2ccccc2)CCCN(C(=O)OCc2ccccc2)C1. The van der Waals surface area contributed by atoms with Crippen LogP contribution in [0, 0.1) is 0 Å². The van der Waals surface area contributed by atoms with E-state index in [0.29, 0.717) is 36.1 Å². The molecule has 2 aromatic heterocycles. The van der Waals surface area contributed by atoms with Crippen LogP contribution in [-0.2, 0) is 21.4 Å². The van der Waals surface area contributed by atoms with Gasteiger partial charge in [-0.2, -0.15) is 0 Å². The zero-order valence-electron chi connectivity index (χ0n) is 20.5. The van der Waals surface area contributed by atoms with E-state index in [2.05, 4.69) is 9.97 Å². The Hall–Kier alpha value is -4.05. The summed E-state index contributed by atoms with van der Waals surface area (Å²) in [5.41, 5.74) is 7.38. The zero-order valence-corrected chi connectivity index (χ0v) is 21.3. The molecule has 1 amide bonds. The lowest BCUT2D eigenvalue weighted by molar-refractivity contribution is 0.0766. The second kappa shape index (κ2) is 9.78. The summed E-state index contributed by atoms with van der Waals surface area (Å²) in [6.07, 6.45) is 3.79. The van der Waals surface area contributed by atoms with Gasteiger partial charge in [0.15, 0.2) is 0 Å². The van der Waals surface area contributed by atoms with Gasteiger partial charge < -0.3 is 20.4 Å². The number of fused-ring (bicyclic) bond motifs is 1. The van der Waals surface area contributed by atoms with E-state index >= 15 is 0 Å².